The average molecular weight is 553 g/mol. The van der Waals surface area contributed by atoms with Crippen LogP contribution in [0, 0.1) is 23.1 Å². The Hall–Kier alpha value is -3.20. The van der Waals surface area contributed by atoms with E-state index < -0.39 is 5.82 Å². The highest BCUT2D eigenvalue weighted by molar-refractivity contribution is 6.30. The van der Waals surface area contributed by atoms with E-state index >= 15 is 0 Å². The molecule has 0 N–H and O–H groups in total. The van der Waals surface area contributed by atoms with Gasteiger partial charge in [0.1, 0.15) is 11.6 Å². The minimum Gasteiger partial charge on any atom is -0.493 e. The predicted octanol–water partition coefficient (Wildman–Crippen LogP) is 4.80. The summed E-state index contributed by atoms with van der Waals surface area (Å²) in [5, 5.41) is 4.78. The number of amides is 1. The summed E-state index contributed by atoms with van der Waals surface area (Å²) < 4.78 is 22.5. The summed E-state index contributed by atoms with van der Waals surface area (Å²) in [5.41, 5.74) is 0.749. The SMILES string of the molecule is C[C@]1(C2CCN(c3ncc(Cl)cn3)CC2)C[C@H]1CCOc1ccc(CC(=O)N2CC(n3cccn3)C2)c(F)c1. The zero-order valence-electron chi connectivity index (χ0n) is 22.2. The third-order valence-electron chi connectivity index (χ3n) is 8.99. The lowest BCUT2D eigenvalue weighted by molar-refractivity contribution is -0.136. The molecule has 1 aliphatic carbocycles. The van der Waals surface area contributed by atoms with Crippen molar-refractivity contribution in [3.63, 3.8) is 0 Å². The summed E-state index contributed by atoms with van der Waals surface area (Å²) in [6, 6.07) is 6.93. The first-order chi connectivity index (χ1) is 18.9. The fourth-order valence-electron chi connectivity index (χ4n) is 6.29. The molecular weight excluding hydrogens is 519 g/mol. The van der Waals surface area contributed by atoms with Gasteiger partial charge >= 0.3 is 0 Å². The van der Waals surface area contributed by atoms with Crippen molar-refractivity contribution in [3.05, 3.63) is 65.5 Å². The smallest absolute Gasteiger partial charge is 0.227 e. The molecular formula is C29H34ClFN6O2. The van der Waals surface area contributed by atoms with E-state index in [0.717, 1.165) is 38.3 Å². The number of benzene rings is 1. The van der Waals surface area contributed by atoms with Crippen LogP contribution in [0.15, 0.2) is 49.1 Å². The van der Waals surface area contributed by atoms with Gasteiger partial charge in [0, 0.05) is 44.6 Å². The number of piperidine rings is 1. The summed E-state index contributed by atoms with van der Waals surface area (Å²) >= 11 is 5.92. The number of halogens is 2. The fraction of sp³-hybridized carbons (Fsp3) is 0.517. The average Bonchev–Trinajstić information content (AvgIpc) is 3.29. The third kappa shape index (κ3) is 5.60. The molecule has 39 heavy (non-hydrogen) atoms. The van der Waals surface area contributed by atoms with Crippen molar-refractivity contribution in [3.8, 4) is 5.75 Å². The van der Waals surface area contributed by atoms with E-state index in [1.54, 1.807) is 35.6 Å². The van der Waals surface area contributed by atoms with Gasteiger partial charge in [0.2, 0.25) is 11.9 Å². The molecule has 2 saturated heterocycles. The van der Waals surface area contributed by atoms with Crippen molar-refractivity contribution < 1.29 is 13.9 Å². The van der Waals surface area contributed by atoms with E-state index in [0.29, 0.717) is 53.3 Å². The molecule has 0 bridgehead atoms. The van der Waals surface area contributed by atoms with Crippen LogP contribution in [0.5, 0.6) is 5.75 Å². The maximum Gasteiger partial charge on any atom is 0.227 e. The van der Waals surface area contributed by atoms with Crippen molar-refractivity contribution in [2.24, 2.45) is 17.3 Å². The molecule has 0 radical (unpaired) electrons. The molecule has 1 aromatic carbocycles. The minimum absolute atomic E-state index is 0.0569. The van der Waals surface area contributed by atoms with Gasteiger partial charge in [-0.2, -0.15) is 5.10 Å². The van der Waals surface area contributed by atoms with E-state index in [1.807, 2.05) is 16.9 Å². The second kappa shape index (κ2) is 10.8. The summed E-state index contributed by atoms with van der Waals surface area (Å²) in [6.07, 6.45) is 11.4. The number of hydrogen-bond donors (Lipinski definition) is 0. The molecule has 206 valence electrons. The van der Waals surface area contributed by atoms with Crippen molar-refractivity contribution >= 4 is 23.5 Å². The maximum atomic E-state index is 14.7. The summed E-state index contributed by atoms with van der Waals surface area (Å²) in [7, 11) is 0. The van der Waals surface area contributed by atoms with Gasteiger partial charge in [-0.05, 0) is 60.6 Å². The molecule has 8 nitrogen and oxygen atoms in total. The second-order valence-corrected chi connectivity index (χ2v) is 11.8. The van der Waals surface area contributed by atoms with Gasteiger partial charge in [0.05, 0.1) is 36.5 Å². The van der Waals surface area contributed by atoms with Gasteiger partial charge < -0.3 is 14.5 Å². The monoisotopic (exact) mass is 552 g/mol. The Morgan fingerprint density at radius 2 is 1.97 bits per heavy atom. The Morgan fingerprint density at radius 3 is 2.67 bits per heavy atom. The van der Waals surface area contributed by atoms with Crippen molar-refractivity contribution in [2.45, 2.75) is 45.1 Å². The molecule has 0 unspecified atom stereocenters. The Bertz CT molecular complexity index is 1290. The second-order valence-electron chi connectivity index (χ2n) is 11.4. The molecule has 3 fully saturated rings. The lowest BCUT2D eigenvalue weighted by atomic mass is 9.81. The van der Waals surface area contributed by atoms with E-state index in [2.05, 4.69) is 26.9 Å². The van der Waals surface area contributed by atoms with E-state index in [1.165, 1.54) is 12.5 Å². The molecule has 1 amide bonds. The minimum atomic E-state index is -0.391. The van der Waals surface area contributed by atoms with Crippen LogP contribution in [0.2, 0.25) is 5.02 Å². The van der Waals surface area contributed by atoms with Crippen molar-refractivity contribution in [1.29, 1.82) is 0 Å². The summed E-state index contributed by atoms with van der Waals surface area (Å²) in [4.78, 5) is 25.3. The van der Waals surface area contributed by atoms with E-state index in [4.69, 9.17) is 16.3 Å². The highest BCUT2D eigenvalue weighted by atomic mass is 35.5. The topological polar surface area (TPSA) is 76.4 Å². The Kier molecular flexibility index (Phi) is 7.18. The first-order valence-electron chi connectivity index (χ1n) is 13.8. The molecule has 2 atom stereocenters. The largest absolute Gasteiger partial charge is 0.493 e. The molecule has 10 heteroatoms. The van der Waals surface area contributed by atoms with E-state index in [-0.39, 0.29) is 18.4 Å². The number of ether oxygens (including phenoxy) is 1. The number of nitrogens with zero attached hydrogens (tertiary/aromatic N) is 6. The number of hydrogen-bond acceptors (Lipinski definition) is 6. The third-order valence-corrected chi connectivity index (χ3v) is 9.19. The Balaban J connectivity index is 0.923. The van der Waals surface area contributed by atoms with Crippen LogP contribution in [-0.2, 0) is 11.2 Å². The molecule has 0 spiro atoms. The van der Waals surface area contributed by atoms with Crippen LogP contribution in [0.1, 0.15) is 44.2 Å². The van der Waals surface area contributed by atoms with Crippen LogP contribution < -0.4 is 9.64 Å². The fourth-order valence-corrected chi connectivity index (χ4v) is 6.39. The van der Waals surface area contributed by atoms with Crippen LogP contribution >= 0.6 is 11.6 Å². The molecule has 3 aliphatic rings. The highest BCUT2D eigenvalue weighted by Crippen LogP contribution is 2.61. The Labute approximate surface area is 233 Å². The number of carbonyl (C=O) groups excluding carboxylic acids is 1. The quantitative estimate of drug-likeness (QED) is 0.379. The number of likely N-dealkylation sites (tertiary alicyclic amines) is 1. The van der Waals surface area contributed by atoms with Gasteiger partial charge in [-0.15, -0.1) is 0 Å². The number of rotatable bonds is 9. The van der Waals surface area contributed by atoms with Gasteiger partial charge in [0.25, 0.3) is 0 Å². The Morgan fingerprint density at radius 1 is 1.21 bits per heavy atom. The van der Waals surface area contributed by atoms with Gasteiger partial charge in [0.15, 0.2) is 0 Å². The van der Waals surface area contributed by atoms with E-state index in [9.17, 15) is 9.18 Å². The molecule has 2 aliphatic heterocycles. The van der Waals surface area contributed by atoms with Crippen LogP contribution in [0.25, 0.3) is 0 Å². The highest BCUT2D eigenvalue weighted by Gasteiger charge is 2.54. The maximum absolute atomic E-state index is 14.7. The van der Waals surface area contributed by atoms with Crippen molar-refractivity contribution in [1.82, 2.24) is 24.6 Å². The summed E-state index contributed by atoms with van der Waals surface area (Å²) in [6.45, 7) is 6.11. The van der Waals surface area contributed by atoms with Gasteiger partial charge in [-0.3, -0.25) is 9.48 Å². The van der Waals surface area contributed by atoms with Crippen LogP contribution in [0.3, 0.4) is 0 Å². The molecule has 4 heterocycles. The standard InChI is InChI=1S/C29H34ClFN6O2/c1-29(21-5-10-35(11-6-21)28-32-16-23(30)17-33-28)15-22(29)7-12-39-25-4-3-20(26(31)14-25)13-27(38)36-18-24(19-36)37-9-2-8-34-37/h2-4,8-9,14,16-17,21-22,24H,5-7,10-13,15,18-19H2,1H3/t22-,29-/m1/s1. The van der Waals surface area contributed by atoms with Crippen LogP contribution in [0.4, 0.5) is 10.3 Å². The first-order valence-corrected chi connectivity index (χ1v) is 14.2. The van der Waals surface area contributed by atoms with Gasteiger partial charge in [-0.25, -0.2) is 14.4 Å². The van der Waals surface area contributed by atoms with Crippen LogP contribution in [-0.4, -0.2) is 63.3 Å². The molecule has 2 aromatic heterocycles. The number of aromatic nitrogens is 4. The number of carbonyl (C=O) groups is 1. The zero-order chi connectivity index (χ0) is 27.0. The number of anilines is 1. The predicted molar refractivity (Wildman–Crippen MR) is 146 cm³/mol. The normalized spacial score (nSPS) is 23.5. The zero-order valence-corrected chi connectivity index (χ0v) is 22.9. The lowest BCUT2D eigenvalue weighted by Crippen LogP contribution is -2.51. The lowest BCUT2D eigenvalue weighted by Gasteiger charge is -2.39. The molecule has 6 rings (SSSR count). The van der Waals surface area contributed by atoms with Crippen molar-refractivity contribution in [2.75, 3.05) is 37.7 Å². The van der Waals surface area contributed by atoms with Gasteiger partial charge in [-0.1, -0.05) is 24.6 Å². The first kappa shape index (κ1) is 26.0. The summed E-state index contributed by atoms with van der Waals surface area (Å²) in [5.74, 6) is 2.13. The molecule has 3 aromatic rings. The molecule has 1 saturated carbocycles.